The van der Waals surface area contributed by atoms with Crippen molar-refractivity contribution in [1.82, 2.24) is 0 Å². The van der Waals surface area contributed by atoms with Crippen LogP contribution in [0.1, 0.15) is 39.0 Å². The molecule has 140 valence electrons. The number of aliphatic hydroxyl groups excluding tert-OH is 1. The zero-order valence-corrected chi connectivity index (χ0v) is 14.0. The summed E-state index contributed by atoms with van der Waals surface area (Å²) in [4.78, 5) is 24.0. The Morgan fingerprint density at radius 1 is 1.24 bits per heavy atom. The first-order valence-corrected chi connectivity index (χ1v) is 8.76. The van der Waals surface area contributed by atoms with Crippen molar-refractivity contribution in [3.05, 3.63) is 0 Å². The molecule has 8 heteroatoms. The monoisotopic (exact) mass is 360 g/mol. The van der Waals surface area contributed by atoms with Crippen molar-refractivity contribution in [2.75, 3.05) is 13.2 Å². The smallest absolute Gasteiger partial charge is 0.384 e. The van der Waals surface area contributed by atoms with Crippen LogP contribution in [-0.2, 0) is 23.8 Å². The van der Waals surface area contributed by atoms with Gasteiger partial charge >= 0.3 is 17.9 Å². The van der Waals surface area contributed by atoms with Gasteiger partial charge in [-0.25, -0.2) is 4.79 Å². The van der Waals surface area contributed by atoms with Gasteiger partial charge in [-0.1, -0.05) is 0 Å². The van der Waals surface area contributed by atoms with Gasteiger partial charge < -0.3 is 19.3 Å². The highest BCUT2D eigenvalue weighted by atomic mass is 19.3. The standard InChI is InChI=1S/C17H22F2O6/c1-15(18,19)13(21)24-14(22)16-4-9-2-10(5-16)17(11(3-9)6-16)23-8-12(7-20)25-17/h9-12,20H,2-8H2,1H3. The van der Waals surface area contributed by atoms with Crippen molar-refractivity contribution in [2.45, 2.75) is 56.8 Å². The highest BCUT2D eigenvalue weighted by Gasteiger charge is 2.68. The molecule has 6 nitrogen and oxygen atoms in total. The fourth-order valence-corrected chi connectivity index (χ4v) is 5.53. The minimum absolute atomic E-state index is 0.0555. The minimum atomic E-state index is -3.69. The molecule has 1 N–H and O–H groups in total. The summed E-state index contributed by atoms with van der Waals surface area (Å²) in [5.41, 5.74) is -0.910. The molecule has 0 radical (unpaired) electrons. The van der Waals surface area contributed by atoms with Crippen LogP contribution in [0.25, 0.3) is 0 Å². The molecular formula is C17H22F2O6. The first-order valence-electron chi connectivity index (χ1n) is 8.76. The van der Waals surface area contributed by atoms with Crippen molar-refractivity contribution in [2.24, 2.45) is 23.2 Å². The topological polar surface area (TPSA) is 82.1 Å². The van der Waals surface area contributed by atoms with E-state index < -0.39 is 29.1 Å². The van der Waals surface area contributed by atoms with Crippen LogP contribution in [0.5, 0.6) is 0 Å². The van der Waals surface area contributed by atoms with E-state index in [9.17, 15) is 23.5 Å². The molecule has 5 aliphatic rings. The molecule has 1 heterocycles. The molecule has 25 heavy (non-hydrogen) atoms. The molecule has 0 aromatic heterocycles. The summed E-state index contributed by atoms with van der Waals surface area (Å²) < 4.78 is 42.7. The lowest BCUT2D eigenvalue weighted by atomic mass is 9.47. The quantitative estimate of drug-likeness (QED) is 0.609. The zero-order valence-electron chi connectivity index (χ0n) is 14.0. The molecular weight excluding hydrogens is 338 g/mol. The van der Waals surface area contributed by atoms with Crippen molar-refractivity contribution in [1.29, 1.82) is 0 Å². The van der Waals surface area contributed by atoms with E-state index in [4.69, 9.17) is 9.47 Å². The second-order valence-corrected chi connectivity index (χ2v) is 8.14. The van der Waals surface area contributed by atoms with Gasteiger partial charge in [0.2, 0.25) is 0 Å². The first-order chi connectivity index (χ1) is 11.7. The molecule has 4 aliphatic carbocycles. The number of carbonyl (C=O) groups is 2. The summed E-state index contributed by atoms with van der Waals surface area (Å²) in [5.74, 6) is -6.96. The van der Waals surface area contributed by atoms with Gasteiger partial charge in [0, 0.05) is 18.8 Å². The molecule has 1 aliphatic heterocycles. The van der Waals surface area contributed by atoms with Gasteiger partial charge in [-0.15, -0.1) is 0 Å². The number of aliphatic hydroxyl groups is 1. The predicted octanol–water partition coefficient (Wildman–Crippen LogP) is 1.64. The van der Waals surface area contributed by atoms with Crippen molar-refractivity contribution >= 4 is 11.9 Å². The van der Waals surface area contributed by atoms with Crippen LogP contribution in [-0.4, -0.2) is 48.1 Å². The van der Waals surface area contributed by atoms with Gasteiger partial charge in [0.15, 0.2) is 5.79 Å². The van der Waals surface area contributed by atoms with E-state index in [1.165, 1.54) is 0 Å². The van der Waals surface area contributed by atoms with Gasteiger partial charge in [-0.3, -0.25) is 4.79 Å². The van der Waals surface area contributed by atoms with Crippen LogP contribution in [0.3, 0.4) is 0 Å². The lowest BCUT2D eigenvalue weighted by Gasteiger charge is -2.61. The molecule has 0 amide bonds. The van der Waals surface area contributed by atoms with E-state index in [1.54, 1.807) is 0 Å². The fourth-order valence-electron chi connectivity index (χ4n) is 5.53. The predicted molar refractivity (Wildman–Crippen MR) is 78.3 cm³/mol. The van der Waals surface area contributed by atoms with E-state index in [-0.39, 0.29) is 30.5 Å². The highest BCUT2D eigenvalue weighted by molar-refractivity contribution is 5.92. The number of hydrogen-bond donors (Lipinski definition) is 1. The van der Waals surface area contributed by atoms with Crippen LogP contribution in [0.4, 0.5) is 8.78 Å². The summed E-state index contributed by atoms with van der Waals surface area (Å²) >= 11 is 0. The number of carbonyl (C=O) groups excluding carboxylic acids is 2. The van der Waals surface area contributed by atoms with Crippen LogP contribution < -0.4 is 0 Å². The average molecular weight is 360 g/mol. The van der Waals surface area contributed by atoms with E-state index >= 15 is 0 Å². The Kier molecular flexibility index (Phi) is 3.76. The second kappa shape index (κ2) is 5.44. The molecule has 0 aromatic rings. The molecule has 3 unspecified atom stereocenters. The molecule has 0 aromatic carbocycles. The molecule has 5 rings (SSSR count). The Labute approximate surface area is 143 Å². The number of ether oxygens (including phenoxy) is 3. The summed E-state index contributed by atoms with van der Waals surface area (Å²) in [5, 5.41) is 9.33. The summed E-state index contributed by atoms with van der Waals surface area (Å²) in [6, 6.07) is 0. The third kappa shape index (κ3) is 2.52. The van der Waals surface area contributed by atoms with Crippen LogP contribution >= 0.6 is 0 Å². The number of alkyl halides is 2. The molecule has 5 fully saturated rings. The van der Waals surface area contributed by atoms with Crippen LogP contribution in [0.2, 0.25) is 0 Å². The van der Waals surface area contributed by atoms with Gasteiger partial charge in [0.25, 0.3) is 0 Å². The summed E-state index contributed by atoms with van der Waals surface area (Å²) in [6.45, 7) is 0.608. The van der Waals surface area contributed by atoms with E-state index in [1.807, 2.05) is 0 Å². The molecule has 1 saturated heterocycles. The van der Waals surface area contributed by atoms with E-state index in [2.05, 4.69) is 4.74 Å². The van der Waals surface area contributed by atoms with Crippen molar-refractivity contribution in [3.63, 3.8) is 0 Å². The van der Waals surface area contributed by atoms with Crippen molar-refractivity contribution in [3.8, 4) is 0 Å². The van der Waals surface area contributed by atoms with Gasteiger partial charge in [0.1, 0.15) is 6.10 Å². The molecule has 3 atom stereocenters. The van der Waals surface area contributed by atoms with E-state index in [0.717, 1.165) is 12.8 Å². The van der Waals surface area contributed by atoms with E-state index in [0.29, 0.717) is 32.8 Å². The Morgan fingerprint density at radius 2 is 1.88 bits per heavy atom. The SMILES string of the molecule is CC(F)(F)C(=O)OC(=O)C12CC3CC(C1)C1(OCC(CO)O1)C(C3)C2. The number of esters is 2. The van der Waals surface area contributed by atoms with Gasteiger partial charge in [0.05, 0.1) is 18.6 Å². The lowest BCUT2D eigenvalue weighted by Crippen LogP contribution is -2.64. The van der Waals surface area contributed by atoms with Gasteiger partial charge in [-0.2, -0.15) is 8.78 Å². The van der Waals surface area contributed by atoms with Crippen molar-refractivity contribution < 1.29 is 37.7 Å². The number of rotatable bonds is 3. The first kappa shape index (κ1) is 17.3. The highest BCUT2D eigenvalue weighted by Crippen LogP contribution is 2.66. The second-order valence-electron chi connectivity index (χ2n) is 8.14. The maximum absolute atomic E-state index is 13.1. The Morgan fingerprint density at radius 3 is 2.40 bits per heavy atom. The van der Waals surface area contributed by atoms with Crippen LogP contribution in [0, 0.1) is 23.2 Å². The maximum Gasteiger partial charge on any atom is 0.384 e. The fraction of sp³-hybridized carbons (Fsp3) is 0.882. The third-order valence-corrected chi connectivity index (χ3v) is 6.35. The minimum Gasteiger partial charge on any atom is -0.394 e. The number of halogens is 2. The lowest BCUT2D eigenvalue weighted by molar-refractivity contribution is -0.307. The number of hydrogen-bond acceptors (Lipinski definition) is 6. The Hall–Kier alpha value is -1.12. The maximum atomic E-state index is 13.1. The summed E-state index contributed by atoms with van der Waals surface area (Å²) in [7, 11) is 0. The molecule has 4 saturated carbocycles. The molecule has 1 spiro atoms. The van der Waals surface area contributed by atoms with Crippen LogP contribution in [0.15, 0.2) is 0 Å². The third-order valence-electron chi connectivity index (χ3n) is 6.35. The molecule has 4 bridgehead atoms. The zero-order chi connectivity index (χ0) is 18.0. The van der Waals surface area contributed by atoms with Gasteiger partial charge in [-0.05, 0) is 38.0 Å². The normalized spacial score (nSPS) is 45.1. The Balaban J connectivity index is 1.55. The summed E-state index contributed by atoms with van der Waals surface area (Å²) in [6.07, 6.45) is 2.66. The average Bonchev–Trinajstić information content (AvgIpc) is 2.96. The Bertz CT molecular complexity index is 584. The largest absolute Gasteiger partial charge is 0.394 e.